The van der Waals surface area contributed by atoms with Crippen LogP contribution in [0.4, 0.5) is 0 Å². The molecule has 0 spiro atoms. The van der Waals surface area contributed by atoms with Crippen LogP contribution in [0.5, 0.6) is 5.75 Å². The molecule has 0 unspecified atom stereocenters. The summed E-state index contributed by atoms with van der Waals surface area (Å²) in [6.45, 7) is 1.15. The van der Waals surface area contributed by atoms with E-state index < -0.39 is 0 Å². The van der Waals surface area contributed by atoms with Crippen LogP contribution in [-0.4, -0.2) is 39.4 Å². The van der Waals surface area contributed by atoms with E-state index in [-0.39, 0.29) is 5.91 Å². The lowest BCUT2D eigenvalue weighted by molar-refractivity contribution is 0.0733. The van der Waals surface area contributed by atoms with Gasteiger partial charge in [-0.05, 0) is 36.4 Å². The molecule has 6 heteroatoms. The topological polar surface area (TPSA) is 68.2 Å². The van der Waals surface area contributed by atoms with E-state index in [1.54, 1.807) is 43.8 Å². The van der Waals surface area contributed by atoms with Crippen LogP contribution in [0.2, 0.25) is 0 Å². The van der Waals surface area contributed by atoms with Crippen molar-refractivity contribution < 1.29 is 9.53 Å². The molecule has 0 atom stereocenters. The molecule has 0 fully saturated rings. The summed E-state index contributed by atoms with van der Waals surface area (Å²) in [5, 5.41) is 0. The highest BCUT2D eigenvalue weighted by atomic mass is 16.5. The number of methoxy groups -OCH3 is 1. The molecule has 3 heterocycles. The Labute approximate surface area is 151 Å². The van der Waals surface area contributed by atoms with E-state index in [1.165, 1.54) is 0 Å². The molecule has 0 radical (unpaired) electrons. The highest BCUT2D eigenvalue weighted by Crippen LogP contribution is 2.22. The SMILES string of the molecule is COc1ccc(C(=O)N2CCc3nc(-c4ccccn4)ncc3C2)cc1. The monoisotopic (exact) mass is 346 g/mol. The van der Waals surface area contributed by atoms with Gasteiger partial charge in [-0.2, -0.15) is 0 Å². The van der Waals surface area contributed by atoms with E-state index in [4.69, 9.17) is 4.74 Å². The molecule has 6 nitrogen and oxygen atoms in total. The number of carbonyl (C=O) groups excluding carboxylic acids is 1. The third-order valence-electron chi connectivity index (χ3n) is 4.45. The van der Waals surface area contributed by atoms with Crippen LogP contribution in [0.1, 0.15) is 21.6 Å². The maximum absolute atomic E-state index is 12.7. The molecular weight excluding hydrogens is 328 g/mol. The van der Waals surface area contributed by atoms with Crippen LogP contribution >= 0.6 is 0 Å². The first-order chi connectivity index (χ1) is 12.7. The van der Waals surface area contributed by atoms with Gasteiger partial charge in [0, 0.05) is 43.0 Å². The summed E-state index contributed by atoms with van der Waals surface area (Å²) in [6.07, 6.45) is 4.24. The minimum Gasteiger partial charge on any atom is -0.497 e. The van der Waals surface area contributed by atoms with Gasteiger partial charge in [0.15, 0.2) is 5.82 Å². The minimum absolute atomic E-state index is 0.00658. The molecule has 0 aliphatic carbocycles. The molecule has 1 amide bonds. The molecule has 0 bridgehead atoms. The fraction of sp³-hybridized carbons (Fsp3) is 0.200. The largest absolute Gasteiger partial charge is 0.497 e. The van der Waals surface area contributed by atoms with Crippen molar-refractivity contribution in [2.24, 2.45) is 0 Å². The number of rotatable bonds is 3. The number of hydrogen-bond acceptors (Lipinski definition) is 5. The predicted molar refractivity (Wildman–Crippen MR) is 96.7 cm³/mol. The van der Waals surface area contributed by atoms with Gasteiger partial charge in [0.05, 0.1) is 12.8 Å². The van der Waals surface area contributed by atoms with Crippen molar-refractivity contribution in [1.82, 2.24) is 19.9 Å². The maximum atomic E-state index is 12.7. The quantitative estimate of drug-likeness (QED) is 0.729. The van der Waals surface area contributed by atoms with Crippen molar-refractivity contribution in [3.05, 3.63) is 71.7 Å². The van der Waals surface area contributed by atoms with Crippen LogP contribution < -0.4 is 4.74 Å². The Balaban J connectivity index is 1.53. The second-order valence-electron chi connectivity index (χ2n) is 6.09. The zero-order valence-electron chi connectivity index (χ0n) is 14.4. The Bertz CT molecular complexity index is 926. The number of pyridine rings is 1. The Kier molecular flexibility index (Phi) is 4.31. The van der Waals surface area contributed by atoms with Gasteiger partial charge in [0.2, 0.25) is 0 Å². The summed E-state index contributed by atoms with van der Waals surface area (Å²) in [4.78, 5) is 27.9. The van der Waals surface area contributed by atoms with Crippen molar-refractivity contribution in [2.45, 2.75) is 13.0 Å². The lowest BCUT2D eigenvalue weighted by Gasteiger charge is -2.28. The second-order valence-corrected chi connectivity index (χ2v) is 6.09. The summed E-state index contributed by atoms with van der Waals surface area (Å²) < 4.78 is 5.14. The first-order valence-electron chi connectivity index (χ1n) is 8.44. The Morgan fingerprint density at radius 3 is 2.69 bits per heavy atom. The van der Waals surface area contributed by atoms with Crippen LogP contribution in [-0.2, 0) is 13.0 Å². The van der Waals surface area contributed by atoms with Crippen LogP contribution in [0.15, 0.2) is 54.9 Å². The third kappa shape index (κ3) is 3.13. The lowest BCUT2D eigenvalue weighted by Crippen LogP contribution is -2.36. The average molecular weight is 346 g/mol. The van der Waals surface area contributed by atoms with Crippen LogP contribution in [0.3, 0.4) is 0 Å². The molecule has 1 aliphatic rings. The number of amides is 1. The number of carbonyl (C=O) groups is 1. The van der Waals surface area contributed by atoms with Gasteiger partial charge in [0.1, 0.15) is 11.4 Å². The molecule has 3 aromatic rings. The summed E-state index contributed by atoms with van der Waals surface area (Å²) in [6, 6.07) is 12.9. The van der Waals surface area contributed by atoms with Crippen molar-refractivity contribution in [3.63, 3.8) is 0 Å². The third-order valence-corrected chi connectivity index (χ3v) is 4.45. The normalized spacial score (nSPS) is 13.2. The van der Waals surface area contributed by atoms with E-state index in [1.807, 2.05) is 23.1 Å². The number of aromatic nitrogens is 3. The smallest absolute Gasteiger partial charge is 0.254 e. The summed E-state index contributed by atoms with van der Waals surface area (Å²) >= 11 is 0. The molecule has 2 aromatic heterocycles. The molecule has 4 rings (SSSR count). The second kappa shape index (κ2) is 6.92. The minimum atomic E-state index is 0.00658. The lowest BCUT2D eigenvalue weighted by atomic mass is 10.1. The van der Waals surface area contributed by atoms with E-state index in [0.29, 0.717) is 30.9 Å². The van der Waals surface area contributed by atoms with Crippen LogP contribution in [0, 0.1) is 0 Å². The maximum Gasteiger partial charge on any atom is 0.254 e. The van der Waals surface area contributed by atoms with Crippen molar-refractivity contribution in [3.8, 4) is 17.3 Å². The van der Waals surface area contributed by atoms with E-state index in [2.05, 4.69) is 15.0 Å². The summed E-state index contributed by atoms with van der Waals surface area (Å²) in [5.41, 5.74) is 3.38. The number of ether oxygens (including phenoxy) is 1. The summed E-state index contributed by atoms with van der Waals surface area (Å²) in [5.74, 6) is 1.37. The zero-order valence-corrected chi connectivity index (χ0v) is 14.4. The average Bonchev–Trinajstić information content (AvgIpc) is 2.73. The van der Waals surface area contributed by atoms with E-state index >= 15 is 0 Å². The van der Waals surface area contributed by atoms with Crippen molar-refractivity contribution in [1.29, 1.82) is 0 Å². The summed E-state index contributed by atoms with van der Waals surface area (Å²) in [7, 11) is 1.61. The van der Waals surface area contributed by atoms with Gasteiger partial charge < -0.3 is 9.64 Å². The number of nitrogens with zero attached hydrogens (tertiary/aromatic N) is 4. The Morgan fingerprint density at radius 2 is 1.96 bits per heavy atom. The fourth-order valence-electron chi connectivity index (χ4n) is 3.02. The van der Waals surface area contributed by atoms with Gasteiger partial charge in [-0.25, -0.2) is 9.97 Å². The van der Waals surface area contributed by atoms with Crippen molar-refractivity contribution >= 4 is 5.91 Å². The van der Waals surface area contributed by atoms with Gasteiger partial charge in [-0.3, -0.25) is 9.78 Å². The Hall–Kier alpha value is -3.28. The van der Waals surface area contributed by atoms with E-state index in [0.717, 1.165) is 22.7 Å². The van der Waals surface area contributed by atoms with Gasteiger partial charge in [-0.1, -0.05) is 6.07 Å². The molecular formula is C20H18N4O2. The molecule has 1 aromatic carbocycles. The molecule has 26 heavy (non-hydrogen) atoms. The number of benzene rings is 1. The predicted octanol–water partition coefficient (Wildman–Crippen LogP) is 2.75. The number of hydrogen-bond donors (Lipinski definition) is 0. The van der Waals surface area contributed by atoms with Gasteiger partial charge in [0.25, 0.3) is 5.91 Å². The standard InChI is InChI=1S/C20H18N4O2/c1-26-16-7-5-14(6-8-16)20(25)24-11-9-17-15(13-24)12-22-19(23-17)18-4-2-3-10-21-18/h2-8,10,12H,9,11,13H2,1H3. The van der Waals surface area contributed by atoms with Gasteiger partial charge in [-0.15, -0.1) is 0 Å². The highest BCUT2D eigenvalue weighted by molar-refractivity contribution is 5.94. The van der Waals surface area contributed by atoms with E-state index in [9.17, 15) is 4.79 Å². The molecule has 1 aliphatic heterocycles. The Morgan fingerprint density at radius 1 is 1.12 bits per heavy atom. The van der Waals surface area contributed by atoms with Gasteiger partial charge >= 0.3 is 0 Å². The zero-order chi connectivity index (χ0) is 17.9. The first-order valence-corrected chi connectivity index (χ1v) is 8.44. The highest BCUT2D eigenvalue weighted by Gasteiger charge is 2.23. The number of fused-ring (bicyclic) bond motifs is 1. The molecule has 130 valence electrons. The van der Waals surface area contributed by atoms with Crippen LogP contribution in [0.25, 0.3) is 11.5 Å². The molecule has 0 N–H and O–H groups in total. The molecule has 0 saturated heterocycles. The molecule has 0 saturated carbocycles. The fourth-order valence-corrected chi connectivity index (χ4v) is 3.02. The van der Waals surface area contributed by atoms with Crippen molar-refractivity contribution in [2.75, 3.05) is 13.7 Å². The first kappa shape index (κ1) is 16.2.